The number of rotatable bonds is 3. The highest BCUT2D eigenvalue weighted by atomic mass is 16.2. The van der Waals surface area contributed by atoms with E-state index in [1.165, 1.54) is 31.5 Å². The van der Waals surface area contributed by atoms with Crippen molar-refractivity contribution >= 4 is 5.91 Å². The van der Waals surface area contributed by atoms with Crippen LogP contribution >= 0.6 is 0 Å². The molecular formula is C20H30N2O. The van der Waals surface area contributed by atoms with Gasteiger partial charge in [-0.1, -0.05) is 26.0 Å². The van der Waals surface area contributed by atoms with Crippen LogP contribution in [-0.2, 0) is 6.54 Å². The van der Waals surface area contributed by atoms with E-state index in [1.54, 1.807) is 0 Å². The first-order valence-electron chi connectivity index (χ1n) is 9.22. The Kier molecular flexibility index (Phi) is 5.37. The van der Waals surface area contributed by atoms with Crippen LogP contribution in [0.15, 0.2) is 24.3 Å². The minimum Gasteiger partial charge on any atom is -0.339 e. The summed E-state index contributed by atoms with van der Waals surface area (Å²) in [5, 5.41) is 0. The number of likely N-dealkylation sites (tertiary alicyclic amines) is 2. The molecule has 126 valence electrons. The zero-order valence-electron chi connectivity index (χ0n) is 14.6. The Bertz CT molecular complexity index is 517. The SMILES string of the molecule is CC1CCN(C(=O)c2ccc(CN3CCC[C@H](C)C3)cc2)CC1. The van der Waals surface area contributed by atoms with Gasteiger partial charge in [-0.3, -0.25) is 9.69 Å². The average Bonchev–Trinajstić information content (AvgIpc) is 2.56. The van der Waals surface area contributed by atoms with Gasteiger partial charge in [-0.05, 0) is 61.8 Å². The smallest absolute Gasteiger partial charge is 0.253 e. The van der Waals surface area contributed by atoms with Gasteiger partial charge in [0.2, 0.25) is 0 Å². The molecule has 3 rings (SSSR count). The topological polar surface area (TPSA) is 23.6 Å². The van der Waals surface area contributed by atoms with E-state index in [4.69, 9.17) is 0 Å². The quantitative estimate of drug-likeness (QED) is 0.847. The van der Waals surface area contributed by atoms with Crippen molar-refractivity contribution in [3.8, 4) is 0 Å². The molecule has 0 aromatic heterocycles. The number of hydrogen-bond acceptors (Lipinski definition) is 2. The van der Waals surface area contributed by atoms with E-state index in [0.717, 1.165) is 49.9 Å². The second-order valence-corrected chi connectivity index (χ2v) is 7.65. The molecule has 0 spiro atoms. The Hall–Kier alpha value is -1.35. The average molecular weight is 314 g/mol. The van der Waals surface area contributed by atoms with Crippen LogP contribution in [0.3, 0.4) is 0 Å². The lowest BCUT2D eigenvalue weighted by Crippen LogP contribution is -2.37. The van der Waals surface area contributed by atoms with E-state index in [1.807, 2.05) is 17.0 Å². The van der Waals surface area contributed by atoms with Crippen molar-refractivity contribution in [2.75, 3.05) is 26.2 Å². The zero-order valence-corrected chi connectivity index (χ0v) is 14.6. The molecule has 0 N–H and O–H groups in total. The Morgan fingerprint density at radius 2 is 1.70 bits per heavy atom. The molecule has 2 fully saturated rings. The summed E-state index contributed by atoms with van der Waals surface area (Å²) in [6.07, 6.45) is 4.94. The van der Waals surface area contributed by atoms with Gasteiger partial charge in [-0.15, -0.1) is 0 Å². The first-order valence-corrected chi connectivity index (χ1v) is 9.22. The molecule has 1 atom stereocenters. The third kappa shape index (κ3) is 4.35. The Balaban J connectivity index is 1.57. The molecule has 0 radical (unpaired) electrons. The van der Waals surface area contributed by atoms with E-state index in [2.05, 4.69) is 30.9 Å². The minimum absolute atomic E-state index is 0.204. The van der Waals surface area contributed by atoms with Gasteiger partial charge in [0, 0.05) is 31.7 Å². The molecule has 2 aliphatic heterocycles. The normalized spacial score (nSPS) is 23.9. The van der Waals surface area contributed by atoms with Crippen molar-refractivity contribution < 1.29 is 4.79 Å². The van der Waals surface area contributed by atoms with Crippen LogP contribution in [0.1, 0.15) is 55.5 Å². The molecule has 0 bridgehead atoms. The summed E-state index contributed by atoms with van der Waals surface area (Å²) in [5.74, 6) is 1.77. The molecular weight excluding hydrogens is 284 g/mol. The first kappa shape index (κ1) is 16.5. The maximum atomic E-state index is 12.6. The van der Waals surface area contributed by atoms with Gasteiger partial charge in [-0.2, -0.15) is 0 Å². The molecule has 2 aliphatic rings. The van der Waals surface area contributed by atoms with Crippen molar-refractivity contribution in [2.45, 2.75) is 46.1 Å². The molecule has 23 heavy (non-hydrogen) atoms. The van der Waals surface area contributed by atoms with Gasteiger partial charge < -0.3 is 4.90 Å². The van der Waals surface area contributed by atoms with E-state index in [0.29, 0.717) is 0 Å². The maximum absolute atomic E-state index is 12.6. The fraction of sp³-hybridized carbons (Fsp3) is 0.650. The zero-order chi connectivity index (χ0) is 16.2. The second kappa shape index (κ2) is 7.48. The highest BCUT2D eigenvalue weighted by molar-refractivity contribution is 5.94. The molecule has 3 nitrogen and oxygen atoms in total. The second-order valence-electron chi connectivity index (χ2n) is 7.65. The van der Waals surface area contributed by atoms with Crippen molar-refractivity contribution in [3.05, 3.63) is 35.4 Å². The summed E-state index contributed by atoms with van der Waals surface area (Å²) >= 11 is 0. The molecule has 2 heterocycles. The lowest BCUT2D eigenvalue weighted by atomic mass is 9.98. The third-order valence-electron chi connectivity index (χ3n) is 5.42. The summed E-state index contributed by atoms with van der Waals surface area (Å²) in [7, 11) is 0. The number of hydrogen-bond donors (Lipinski definition) is 0. The summed E-state index contributed by atoms with van der Waals surface area (Å²) in [5.41, 5.74) is 2.17. The number of carbonyl (C=O) groups is 1. The van der Waals surface area contributed by atoms with Gasteiger partial charge in [-0.25, -0.2) is 0 Å². The number of piperidine rings is 2. The lowest BCUT2D eigenvalue weighted by molar-refractivity contribution is 0.0697. The van der Waals surface area contributed by atoms with Gasteiger partial charge >= 0.3 is 0 Å². The van der Waals surface area contributed by atoms with E-state index >= 15 is 0 Å². The molecule has 1 aromatic carbocycles. The van der Waals surface area contributed by atoms with Gasteiger partial charge in [0.25, 0.3) is 5.91 Å². The highest BCUT2D eigenvalue weighted by Crippen LogP contribution is 2.20. The summed E-state index contributed by atoms with van der Waals surface area (Å²) in [4.78, 5) is 17.1. The first-order chi connectivity index (χ1) is 11.1. The molecule has 0 saturated carbocycles. The van der Waals surface area contributed by atoms with Crippen LogP contribution in [-0.4, -0.2) is 41.9 Å². The summed E-state index contributed by atoms with van der Waals surface area (Å²) < 4.78 is 0. The summed E-state index contributed by atoms with van der Waals surface area (Å²) in [6.45, 7) is 9.86. The monoisotopic (exact) mass is 314 g/mol. The van der Waals surface area contributed by atoms with Crippen molar-refractivity contribution in [2.24, 2.45) is 11.8 Å². The van der Waals surface area contributed by atoms with Gasteiger partial charge in [0.1, 0.15) is 0 Å². The molecule has 0 aliphatic carbocycles. The van der Waals surface area contributed by atoms with E-state index in [9.17, 15) is 4.79 Å². The fourth-order valence-corrected chi connectivity index (χ4v) is 3.84. The fourth-order valence-electron chi connectivity index (χ4n) is 3.84. The Labute approximate surface area is 140 Å². The van der Waals surface area contributed by atoms with Crippen LogP contribution in [0.2, 0.25) is 0 Å². The van der Waals surface area contributed by atoms with Crippen LogP contribution in [0.4, 0.5) is 0 Å². The predicted molar refractivity (Wildman–Crippen MR) is 94.4 cm³/mol. The number of nitrogens with zero attached hydrogens (tertiary/aromatic N) is 2. The third-order valence-corrected chi connectivity index (χ3v) is 5.42. The number of amides is 1. The van der Waals surface area contributed by atoms with Crippen molar-refractivity contribution in [1.29, 1.82) is 0 Å². The predicted octanol–water partition coefficient (Wildman–Crippen LogP) is 3.79. The van der Waals surface area contributed by atoms with Crippen molar-refractivity contribution in [1.82, 2.24) is 9.80 Å². The maximum Gasteiger partial charge on any atom is 0.253 e. The molecule has 3 heteroatoms. The minimum atomic E-state index is 0.204. The lowest BCUT2D eigenvalue weighted by Gasteiger charge is -2.31. The standard InChI is InChI=1S/C20H30N2O/c1-16-9-12-22(13-10-16)20(23)19-7-5-18(6-8-19)15-21-11-3-4-17(2)14-21/h5-8,16-17H,3-4,9-15H2,1-2H3/t17-/m0/s1. The number of benzene rings is 1. The van der Waals surface area contributed by atoms with Crippen LogP contribution in [0.25, 0.3) is 0 Å². The number of carbonyl (C=O) groups excluding carboxylic acids is 1. The van der Waals surface area contributed by atoms with E-state index < -0.39 is 0 Å². The van der Waals surface area contributed by atoms with E-state index in [-0.39, 0.29) is 5.91 Å². The Morgan fingerprint density at radius 3 is 2.35 bits per heavy atom. The van der Waals surface area contributed by atoms with Crippen LogP contribution in [0, 0.1) is 11.8 Å². The largest absolute Gasteiger partial charge is 0.339 e. The van der Waals surface area contributed by atoms with Gasteiger partial charge in [0.15, 0.2) is 0 Å². The molecule has 1 aromatic rings. The molecule has 0 unspecified atom stereocenters. The molecule has 1 amide bonds. The van der Waals surface area contributed by atoms with Crippen LogP contribution < -0.4 is 0 Å². The Morgan fingerprint density at radius 1 is 1.00 bits per heavy atom. The summed E-state index contributed by atoms with van der Waals surface area (Å²) in [6, 6.07) is 8.31. The van der Waals surface area contributed by atoms with Gasteiger partial charge in [0.05, 0.1) is 0 Å². The van der Waals surface area contributed by atoms with Crippen LogP contribution in [0.5, 0.6) is 0 Å². The molecule has 2 saturated heterocycles. The van der Waals surface area contributed by atoms with Crippen molar-refractivity contribution in [3.63, 3.8) is 0 Å². The highest BCUT2D eigenvalue weighted by Gasteiger charge is 2.21.